The van der Waals surface area contributed by atoms with Crippen LogP contribution >= 0.6 is 11.3 Å². The quantitative estimate of drug-likeness (QED) is 0.473. The minimum atomic E-state index is -0.124. The minimum absolute atomic E-state index is 0.124. The van der Waals surface area contributed by atoms with Gasteiger partial charge in [-0.1, -0.05) is 48.5 Å². The molecule has 0 aliphatic heterocycles. The summed E-state index contributed by atoms with van der Waals surface area (Å²) in [4.78, 5) is 22.0. The van der Waals surface area contributed by atoms with Crippen molar-refractivity contribution in [3.63, 3.8) is 0 Å². The van der Waals surface area contributed by atoms with Crippen LogP contribution in [0.4, 0.5) is 0 Å². The number of fused-ring (bicyclic) bond motifs is 1. The summed E-state index contributed by atoms with van der Waals surface area (Å²) in [7, 11) is 0. The summed E-state index contributed by atoms with van der Waals surface area (Å²) in [6.07, 6.45) is 3.14. The van der Waals surface area contributed by atoms with E-state index in [2.05, 4.69) is 15.1 Å². The van der Waals surface area contributed by atoms with Gasteiger partial charge in [0.1, 0.15) is 16.7 Å². The molecule has 5 rings (SSSR count). The topological polar surface area (TPSA) is 65.6 Å². The lowest BCUT2D eigenvalue weighted by Gasteiger charge is -2.05. The number of thiazole rings is 1. The summed E-state index contributed by atoms with van der Waals surface area (Å²) in [5.74, 6) is 0. The lowest BCUT2D eigenvalue weighted by Crippen LogP contribution is -2.21. The maximum atomic E-state index is 12.9. The molecule has 3 aromatic heterocycles. The second-order valence-corrected chi connectivity index (χ2v) is 7.17. The zero-order chi connectivity index (χ0) is 18.9. The zero-order valence-electron chi connectivity index (χ0n) is 14.8. The van der Waals surface area contributed by atoms with E-state index in [1.165, 1.54) is 0 Å². The molecule has 5 aromatic rings. The van der Waals surface area contributed by atoms with E-state index in [-0.39, 0.29) is 5.56 Å². The van der Waals surface area contributed by atoms with Gasteiger partial charge < -0.3 is 0 Å². The van der Waals surface area contributed by atoms with Gasteiger partial charge in [0, 0.05) is 10.9 Å². The average Bonchev–Trinajstić information content (AvgIpc) is 3.39. The third-order valence-corrected chi connectivity index (χ3v) is 5.40. The lowest BCUT2D eigenvalue weighted by molar-refractivity contribution is 0.732. The molecule has 0 atom stereocenters. The molecular weight excluding hydrogens is 370 g/mol. The second-order valence-electron chi connectivity index (χ2n) is 6.32. The van der Waals surface area contributed by atoms with Crippen molar-refractivity contribution in [1.29, 1.82) is 0 Å². The van der Waals surface area contributed by atoms with Crippen molar-refractivity contribution in [3.8, 4) is 16.3 Å². The fourth-order valence-corrected chi connectivity index (χ4v) is 3.90. The van der Waals surface area contributed by atoms with Crippen LogP contribution < -0.4 is 5.56 Å². The number of nitrogens with zero attached hydrogens (tertiary/aromatic N) is 5. The van der Waals surface area contributed by atoms with Crippen LogP contribution in [0.15, 0.2) is 83.4 Å². The van der Waals surface area contributed by atoms with Gasteiger partial charge in [-0.15, -0.1) is 11.3 Å². The van der Waals surface area contributed by atoms with E-state index in [9.17, 15) is 4.79 Å². The van der Waals surface area contributed by atoms with Crippen LogP contribution in [-0.4, -0.2) is 24.3 Å². The Hall–Kier alpha value is -3.58. The Bertz CT molecular complexity index is 1310. The highest BCUT2D eigenvalue weighted by molar-refractivity contribution is 7.13. The highest BCUT2D eigenvalue weighted by atomic mass is 32.1. The second kappa shape index (κ2) is 6.86. The van der Waals surface area contributed by atoms with Crippen LogP contribution in [0.1, 0.15) is 5.69 Å². The molecule has 0 spiro atoms. The Labute approximate surface area is 164 Å². The first kappa shape index (κ1) is 16.6. The Kier molecular flexibility index (Phi) is 4.06. The van der Waals surface area contributed by atoms with Gasteiger partial charge in [-0.2, -0.15) is 5.10 Å². The fourth-order valence-electron chi connectivity index (χ4n) is 3.09. The monoisotopic (exact) mass is 385 g/mol. The zero-order valence-corrected chi connectivity index (χ0v) is 15.6. The molecule has 0 amide bonds. The molecule has 0 unspecified atom stereocenters. The molecule has 3 heterocycles. The first-order valence-electron chi connectivity index (χ1n) is 8.78. The maximum Gasteiger partial charge on any atom is 0.264 e. The first-order chi connectivity index (χ1) is 13.8. The van der Waals surface area contributed by atoms with Crippen LogP contribution in [-0.2, 0) is 6.54 Å². The van der Waals surface area contributed by atoms with E-state index in [0.717, 1.165) is 22.0 Å². The molecular formula is C21H15N5OS. The van der Waals surface area contributed by atoms with Gasteiger partial charge in [0.25, 0.3) is 5.56 Å². The van der Waals surface area contributed by atoms with Crippen LogP contribution in [0, 0.1) is 0 Å². The summed E-state index contributed by atoms with van der Waals surface area (Å²) < 4.78 is 3.25. The molecule has 0 radical (unpaired) electrons. The highest BCUT2D eigenvalue weighted by Crippen LogP contribution is 2.23. The van der Waals surface area contributed by atoms with Gasteiger partial charge in [-0.05, 0) is 12.1 Å². The van der Waals surface area contributed by atoms with E-state index >= 15 is 0 Å². The van der Waals surface area contributed by atoms with Gasteiger partial charge in [-0.25, -0.2) is 14.6 Å². The molecule has 0 N–H and O–H groups in total. The molecule has 6 nitrogen and oxygen atoms in total. The predicted molar refractivity (Wildman–Crippen MR) is 110 cm³/mol. The Morgan fingerprint density at radius 3 is 2.50 bits per heavy atom. The van der Waals surface area contributed by atoms with Crippen molar-refractivity contribution < 1.29 is 0 Å². The third-order valence-electron chi connectivity index (χ3n) is 4.46. The summed E-state index contributed by atoms with van der Waals surface area (Å²) in [5, 5.41) is 7.75. The van der Waals surface area contributed by atoms with Gasteiger partial charge >= 0.3 is 0 Å². The fraction of sp³-hybridized carbons (Fsp3) is 0.0476. The van der Waals surface area contributed by atoms with Crippen molar-refractivity contribution in [3.05, 3.63) is 94.6 Å². The van der Waals surface area contributed by atoms with E-state index in [4.69, 9.17) is 0 Å². The smallest absolute Gasteiger partial charge is 0.264 e. The number of rotatable bonds is 4. The van der Waals surface area contributed by atoms with Gasteiger partial charge in [0.15, 0.2) is 5.65 Å². The van der Waals surface area contributed by atoms with E-state index < -0.39 is 0 Å². The summed E-state index contributed by atoms with van der Waals surface area (Å²) in [5.41, 5.74) is 3.21. The van der Waals surface area contributed by atoms with Crippen molar-refractivity contribution in [1.82, 2.24) is 24.3 Å². The van der Waals surface area contributed by atoms with Crippen LogP contribution in [0.3, 0.4) is 0 Å². The summed E-state index contributed by atoms with van der Waals surface area (Å²) >= 11 is 1.57. The van der Waals surface area contributed by atoms with Crippen molar-refractivity contribution in [2.45, 2.75) is 6.54 Å². The van der Waals surface area contributed by atoms with Crippen molar-refractivity contribution in [2.75, 3.05) is 0 Å². The molecule has 28 heavy (non-hydrogen) atoms. The average molecular weight is 385 g/mol. The summed E-state index contributed by atoms with van der Waals surface area (Å²) in [6.45, 7) is 0.377. The molecule has 0 aliphatic carbocycles. The van der Waals surface area contributed by atoms with E-state index in [0.29, 0.717) is 17.6 Å². The summed E-state index contributed by atoms with van der Waals surface area (Å²) in [6, 6.07) is 19.7. The molecule has 0 bridgehead atoms. The van der Waals surface area contributed by atoms with E-state index in [1.807, 2.05) is 66.0 Å². The van der Waals surface area contributed by atoms with Crippen LogP contribution in [0.25, 0.3) is 27.3 Å². The van der Waals surface area contributed by atoms with Gasteiger partial charge in [-0.3, -0.25) is 9.36 Å². The number of aromatic nitrogens is 5. The number of benzene rings is 2. The molecule has 0 aliphatic rings. The van der Waals surface area contributed by atoms with Crippen molar-refractivity contribution in [2.24, 2.45) is 0 Å². The van der Waals surface area contributed by atoms with Gasteiger partial charge in [0.05, 0.1) is 24.1 Å². The lowest BCUT2D eigenvalue weighted by atomic mass is 10.2. The third kappa shape index (κ3) is 2.91. The van der Waals surface area contributed by atoms with E-state index in [1.54, 1.807) is 33.1 Å². The SMILES string of the molecule is O=c1c2cnn(-c3ccccc3)c2ncn1Cc1csc(-c2ccccc2)n1. The van der Waals surface area contributed by atoms with Gasteiger partial charge in [0.2, 0.25) is 0 Å². The molecule has 0 saturated carbocycles. The highest BCUT2D eigenvalue weighted by Gasteiger charge is 2.12. The van der Waals surface area contributed by atoms with Crippen LogP contribution in [0.5, 0.6) is 0 Å². The largest absolute Gasteiger partial charge is 0.292 e. The van der Waals surface area contributed by atoms with Crippen molar-refractivity contribution >= 4 is 22.4 Å². The first-order valence-corrected chi connectivity index (χ1v) is 9.66. The predicted octanol–water partition coefficient (Wildman–Crippen LogP) is 3.75. The normalized spacial score (nSPS) is 11.1. The number of hydrogen-bond acceptors (Lipinski definition) is 5. The minimum Gasteiger partial charge on any atom is -0.292 e. The maximum absolute atomic E-state index is 12.9. The number of hydrogen-bond donors (Lipinski definition) is 0. The standard InChI is InChI=1S/C21H15N5OS/c27-21-18-11-23-26(17-9-5-2-6-10-17)19(18)22-14-25(21)12-16-13-28-20(24-16)15-7-3-1-4-8-15/h1-11,13-14H,12H2. The molecule has 136 valence electrons. The molecule has 0 fully saturated rings. The van der Waals surface area contributed by atoms with Crippen LogP contribution in [0.2, 0.25) is 0 Å². The Morgan fingerprint density at radius 1 is 0.964 bits per heavy atom. The Balaban J connectivity index is 1.49. The molecule has 7 heteroatoms. The number of para-hydroxylation sites is 1. The Morgan fingerprint density at radius 2 is 1.71 bits per heavy atom. The molecule has 0 saturated heterocycles. The molecule has 2 aromatic carbocycles.